The van der Waals surface area contributed by atoms with Gasteiger partial charge >= 0.3 is 0 Å². The quantitative estimate of drug-likeness (QED) is 0.777. The molecule has 0 saturated carbocycles. The Labute approximate surface area is 157 Å². The summed E-state index contributed by atoms with van der Waals surface area (Å²) in [5, 5.41) is 5.34. The van der Waals surface area contributed by atoms with Crippen molar-refractivity contribution in [1.29, 1.82) is 0 Å². The lowest BCUT2D eigenvalue weighted by atomic mass is 9.96. The zero-order valence-electron chi connectivity index (χ0n) is 15.3. The van der Waals surface area contributed by atoms with E-state index in [-0.39, 0.29) is 17.7 Å². The van der Waals surface area contributed by atoms with E-state index in [1.54, 1.807) is 4.90 Å². The zero-order valence-corrected chi connectivity index (χ0v) is 15.3. The Kier molecular flexibility index (Phi) is 4.39. The van der Waals surface area contributed by atoms with E-state index in [0.29, 0.717) is 18.7 Å². The van der Waals surface area contributed by atoms with Gasteiger partial charge < -0.3 is 10.6 Å². The number of nitrogens with zero attached hydrogens (tertiary/aromatic N) is 3. The van der Waals surface area contributed by atoms with Crippen LogP contribution < -0.4 is 5.73 Å². The first-order valence-corrected chi connectivity index (χ1v) is 9.14. The van der Waals surface area contributed by atoms with Gasteiger partial charge in [-0.2, -0.15) is 5.10 Å². The van der Waals surface area contributed by atoms with E-state index in [1.807, 2.05) is 54.3 Å². The maximum atomic E-state index is 12.9. The lowest BCUT2D eigenvalue weighted by Gasteiger charge is -2.31. The molecule has 1 aliphatic heterocycles. The van der Waals surface area contributed by atoms with Gasteiger partial charge in [-0.05, 0) is 48.2 Å². The molecule has 1 atom stereocenters. The number of benzene rings is 2. The van der Waals surface area contributed by atoms with E-state index in [9.17, 15) is 9.59 Å². The third-order valence-corrected chi connectivity index (χ3v) is 5.30. The number of nitrogens with two attached hydrogens (primary N) is 1. The first-order chi connectivity index (χ1) is 13.0. The van der Waals surface area contributed by atoms with Gasteiger partial charge in [-0.25, -0.2) is 0 Å². The second-order valence-electron chi connectivity index (χ2n) is 7.12. The van der Waals surface area contributed by atoms with Crippen LogP contribution in [0.2, 0.25) is 0 Å². The number of amides is 2. The number of piperidine rings is 1. The highest BCUT2D eigenvalue weighted by Gasteiger charge is 2.27. The molecule has 138 valence electrons. The molecule has 6 heteroatoms. The van der Waals surface area contributed by atoms with Crippen molar-refractivity contribution in [1.82, 2.24) is 14.7 Å². The molecule has 1 saturated heterocycles. The largest absolute Gasteiger partial charge is 0.369 e. The molecular formula is C21H22N4O2. The van der Waals surface area contributed by atoms with E-state index in [0.717, 1.165) is 34.9 Å². The number of carbonyl (C=O) groups is 2. The number of fused-ring (bicyclic) bond motifs is 1. The molecule has 0 spiro atoms. The van der Waals surface area contributed by atoms with Crippen LogP contribution in [0, 0.1) is 5.92 Å². The standard InChI is InChI=1S/C21H22N4O2/c1-24-19-8-7-15(11-18(19)12-23-24)14-4-2-5-16(10-14)21(27)25-9-3-6-17(13-25)20(22)26/h2,4-5,7-8,10-12,17H,3,6,9,13H2,1H3,(H2,22,26)/t17-/m0/s1. The summed E-state index contributed by atoms with van der Waals surface area (Å²) in [4.78, 5) is 26.2. The van der Waals surface area contributed by atoms with E-state index in [1.165, 1.54) is 0 Å². The highest BCUT2D eigenvalue weighted by Crippen LogP contribution is 2.26. The molecule has 0 bridgehead atoms. The van der Waals surface area contributed by atoms with Crippen molar-refractivity contribution in [3.8, 4) is 11.1 Å². The topological polar surface area (TPSA) is 81.2 Å². The average Bonchev–Trinajstić information content (AvgIpc) is 3.08. The SMILES string of the molecule is Cn1ncc2cc(-c3cccc(C(=O)N4CCC[C@H](C(N)=O)C4)c3)ccc21. The van der Waals surface area contributed by atoms with Crippen LogP contribution in [0.1, 0.15) is 23.2 Å². The molecule has 2 aromatic carbocycles. The van der Waals surface area contributed by atoms with Crippen LogP contribution in [-0.4, -0.2) is 39.6 Å². The summed E-state index contributed by atoms with van der Waals surface area (Å²) in [5.41, 5.74) is 9.15. The normalized spacial score (nSPS) is 17.2. The van der Waals surface area contributed by atoms with Gasteiger partial charge in [0.1, 0.15) is 0 Å². The number of carbonyl (C=O) groups excluding carboxylic acids is 2. The van der Waals surface area contributed by atoms with E-state index >= 15 is 0 Å². The molecule has 6 nitrogen and oxygen atoms in total. The highest BCUT2D eigenvalue weighted by atomic mass is 16.2. The van der Waals surface area contributed by atoms with Crippen LogP contribution >= 0.6 is 0 Å². The monoisotopic (exact) mass is 362 g/mol. The number of aromatic nitrogens is 2. The first kappa shape index (κ1) is 17.3. The Morgan fingerprint density at radius 3 is 2.78 bits per heavy atom. The number of primary amides is 1. The molecule has 0 aliphatic carbocycles. The summed E-state index contributed by atoms with van der Waals surface area (Å²) in [6.07, 6.45) is 3.40. The van der Waals surface area contributed by atoms with Gasteiger partial charge in [0.15, 0.2) is 0 Å². The van der Waals surface area contributed by atoms with E-state index in [2.05, 4.69) is 11.2 Å². The Morgan fingerprint density at radius 2 is 1.96 bits per heavy atom. The molecule has 3 aromatic rings. The second-order valence-corrected chi connectivity index (χ2v) is 7.12. The molecule has 2 amide bonds. The molecule has 2 N–H and O–H groups in total. The van der Waals surface area contributed by atoms with Gasteiger partial charge in [0.25, 0.3) is 5.91 Å². The van der Waals surface area contributed by atoms with Crippen LogP contribution in [-0.2, 0) is 11.8 Å². The van der Waals surface area contributed by atoms with Crippen LogP contribution in [0.5, 0.6) is 0 Å². The number of likely N-dealkylation sites (tertiary alicyclic amines) is 1. The van der Waals surface area contributed by atoms with Gasteiger partial charge in [0.2, 0.25) is 5.91 Å². The Hall–Kier alpha value is -3.15. The summed E-state index contributed by atoms with van der Waals surface area (Å²) < 4.78 is 1.84. The molecule has 27 heavy (non-hydrogen) atoms. The minimum absolute atomic E-state index is 0.0507. The van der Waals surface area contributed by atoms with E-state index < -0.39 is 0 Å². The van der Waals surface area contributed by atoms with Crippen LogP contribution in [0.15, 0.2) is 48.7 Å². The fraction of sp³-hybridized carbons (Fsp3) is 0.286. The number of hydrogen-bond acceptors (Lipinski definition) is 3. The zero-order chi connectivity index (χ0) is 19.0. The molecule has 1 fully saturated rings. The van der Waals surface area contributed by atoms with Crippen molar-refractivity contribution in [2.75, 3.05) is 13.1 Å². The maximum absolute atomic E-state index is 12.9. The predicted molar refractivity (Wildman–Crippen MR) is 104 cm³/mol. The van der Waals surface area contributed by atoms with Crippen molar-refractivity contribution >= 4 is 22.7 Å². The Morgan fingerprint density at radius 1 is 1.15 bits per heavy atom. The summed E-state index contributed by atoms with van der Waals surface area (Å²) in [7, 11) is 1.92. The van der Waals surface area contributed by atoms with Gasteiger partial charge in [0.05, 0.1) is 17.6 Å². The van der Waals surface area contributed by atoms with Crippen molar-refractivity contribution in [3.63, 3.8) is 0 Å². The molecule has 0 radical (unpaired) electrons. The molecule has 1 aromatic heterocycles. The average molecular weight is 362 g/mol. The van der Waals surface area contributed by atoms with Crippen molar-refractivity contribution in [3.05, 3.63) is 54.2 Å². The lowest BCUT2D eigenvalue weighted by Crippen LogP contribution is -2.44. The molecule has 0 unspecified atom stereocenters. The minimum atomic E-state index is -0.328. The third-order valence-electron chi connectivity index (χ3n) is 5.30. The molecule has 1 aliphatic rings. The first-order valence-electron chi connectivity index (χ1n) is 9.14. The second kappa shape index (κ2) is 6.87. The smallest absolute Gasteiger partial charge is 0.253 e. The maximum Gasteiger partial charge on any atom is 0.253 e. The molecule has 2 heterocycles. The Bertz CT molecular complexity index is 1020. The summed E-state index contributed by atoms with van der Waals surface area (Å²) in [5.74, 6) is -0.629. The van der Waals surface area contributed by atoms with Crippen LogP contribution in [0.3, 0.4) is 0 Å². The molecular weight excluding hydrogens is 340 g/mol. The fourth-order valence-electron chi connectivity index (χ4n) is 3.75. The predicted octanol–water partition coefficient (Wildman–Crippen LogP) is 2.58. The van der Waals surface area contributed by atoms with Gasteiger partial charge in [0, 0.05) is 31.1 Å². The van der Waals surface area contributed by atoms with Gasteiger partial charge in [-0.15, -0.1) is 0 Å². The Balaban J connectivity index is 1.61. The summed E-state index contributed by atoms with van der Waals surface area (Å²) in [6, 6.07) is 13.8. The van der Waals surface area contributed by atoms with Gasteiger partial charge in [-0.3, -0.25) is 14.3 Å². The van der Waals surface area contributed by atoms with Crippen LogP contribution in [0.25, 0.3) is 22.0 Å². The number of aryl methyl sites for hydroxylation is 1. The van der Waals surface area contributed by atoms with E-state index in [4.69, 9.17) is 5.73 Å². The van der Waals surface area contributed by atoms with Crippen LogP contribution in [0.4, 0.5) is 0 Å². The number of hydrogen-bond donors (Lipinski definition) is 1. The summed E-state index contributed by atoms with van der Waals surface area (Å²) in [6.45, 7) is 1.06. The third kappa shape index (κ3) is 3.30. The van der Waals surface area contributed by atoms with Crippen molar-refractivity contribution < 1.29 is 9.59 Å². The minimum Gasteiger partial charge on any atom is -0.369 e. The fourth-order valence-corrected chi connectivity index (χ4v) is 3.75. The van der Waals surface area contributed by atoms with Crippen molar-refractivity contribution in [2.24, 2.45) is 18.7 Å². The summed E-state index contributed by atoms with van der Waals surface area (Å²) >= 11 is 0. The van der Waals surface area contributed by atoms with Gasteiger partial charge in [-0.1, -0.05) is 18.2 Å². The molecule has 4 rings (SSSR count). The lowest BCUT2D eigenvalue weighted by molar-refractivity contribution is -0.123. The van der Waals surface area contributed by atoms with Crippen molar-refractivity contribution in [2.45, 2.75) is 12.8 Å². The highest BCUT2D eigenvalue weighted by molar-refractivity contribution is 5.96. The number of rotatable bonds is 3.